The lowest BCUT2D eigenvalue weighted by Gasteiger charge is -2.21. The third kappa shape index (κ3) is 42.2. The molecule has 0 unspecified atom stereocenters. The van der Waals surface area contributed by atoms with Crippen LogP contribution in [0.5, 0.6) is 0 Å². The van der Waals surface area contributed by atoms with Crippen LogP contribution < -0.4 is 0 Å². The van der Waals surface area contributed by atoms with Gasteiger partial charge in [-0.15, -0.1) is 0 Å². The summed E-state index contributed by atoms with van der Waals surface area (Å²) in [6.07, 6.45) is -2.04. The molecule has 0 rings (SSSR count). The third-order valence-electron chi connectivity index (χ3n) is 7.63. The van der Waals surface area contributed by atoms with Crippen LogP contribution in [0.15, 0.2) is 47.3 Å². The van der Waals surface area contributed by atoms with Crippen molar-refractivity contribution in [2.45, 2.75) is 117 Å². The monoisotopic (exact) mass is 1160 g/mol. The summed E-state index contributed by atoms with van der Waals surface area (Å²) in [7, 11) is 4.03. The second kappa shape index (κ2) is 38.6. The molecule has 0 N–H and O–H groups in total. The normalized spacial score (nSPS) is 12.4. The standard InChI is InChI=1S/C13H18F4O5.C12H18F2O5.C11H14F4O5.C10H14F2O5/c1-4-20-10(18)6-9(11(19)21-5-2)22-8-13(16,17)7-12(3,14)15;1-4-12(13,14)8-19-9(11(16)18-6-3)7-10(15)17-5-2;1-10(12,13)5-11(14,15)6-20-7(9(17)19-3)4-8(16)18-2;1-4-10(11,12)6-17-7(9(14)16-3)5-8(13)15-2/h6H,4-5,7-8H2,1-3H3;7H,4-6,8H2,1-3H3;4H,5-6H2,1-3H3;5H,4,6H2,1-3H3/b9-6+;9-7+;7-4+;7-5+. The molecule has 0 fully saturated rings. The minimum absolute atomic E-state index is 0.0103. The van der Waals surface area contributed by atoms with Crippen LogP contribution in [0.4, 0.5) is 52.7 Å². The van der Waals surface area contributed by atoms with E-state index in [0.29, 0.717) is 38.2 Å². The van der Waals surface area contributed by atoms with Gasteiger partial charge in [-0.05, 0) is 41.5 Å². The second-order valence-electron chi connectivity index (χ2n) is 14.8. The maximum absolute atomic E-state index is 13.3. The fraction of sp³-hybridized carbons (Fsp3) is 0.652. The molecule has 0 saturated heterocycles. The molecule has 0 amide bonds. The Morgan fingerprint density at radius 3 is 0.756 bits per heavy atom. The minimum Gasteiger partial charge on any atom is -0.480 e. The quantitative estimate of drug-likeness (QED) is 0.0218. The van der Waals surface area contributed by atoms with Gasteiger partial charge >= 0.3 is 47.8 Å². The van der Waals surface area contributed by atoms with Crippen molar-refractivity contribution in [2.75, 3.05) is 81.3 Å². The van der Waals surface area contributed by atoms with E-state index in [9.17, 15) is 91.0 Å². The average molecular weight is 1160 g/mol. The van der Waals surface area contributed by atoms with E-state index in [1.54, 1.807) is 13.8 Å². The van der Waals surface area contributed by atoms with Crippen LogP contribution in [-0.2, 0) is 95.2 Å². The molecule has 0 atom stereocenters. The van der Waals surface area contributed by atoms with Crippen molar-refractivity contribution in [1.82, 2.24) is 0 Å². The first kappa shape index (κ1) is 77.6. The molecule has 0 aromatic carbocycles. The highest BCUT2D eigenvalue weighted by Gasteiger charge is 2.42. The van der Waals surface area contributed by atoms with E-state index >= 15 is 0 Å². The van der Waals surface area contributed by atoms with E-state index in [0.717, 1.165) is 28.4 Å². The molecule has 0 aliphatic rings. The van der Waals surface area contributed by atoms with Gasteiger partial charge in [0, 0.05) is 12.8 Å². The van der Waals surface area contributed by atoms with Gasteiger partial charge in [0.15, 0.2) is 26.4 Å². The van der Waals surface area contributed by atoms with E-state index in [1.807, 2.05) is 0 Å². The van der Waals surface area contributed by atoms with Crippen LogP contribution in [0.2, 0.25) is 0 Å². The first-order valence-corrected chi connectivity index (χ1v) is 22.4. The van der Waals surface area contributed by atoms with Gasteiger partial charge in [0.1, 0.15) is 0 Å². The first-order valence-electron chi connectivity index (χ1n) is 22.4. The molecule has 0 spiro atoms. The predicted molar refractivity (Wildman–Crippen MR) is 242 cm³/mol. The van der Waals surface area contributed by atoms with Crippen LogP contribution in [-0.4, -0.2) is 165 Å². The van der Waals surface area contributed by atoms with Crippen molar-refractivity contribution < 1.29 is 148 Å². The van der Waals surface area contributed by atoms with Crippen molar-refractivity contribution in [3.05, 3.63) is 47.3 Å². The Hall–Kier alpha value is -6.92. The van der Waals surface area contributed by atoms with Gasteiger partial charge in [-0.2, -0.15) is 0 Å². The maximum Gasteiger partial charge on any atom is 0.373 e. The highest BCUT2D eigenvalue weighted by molar-refractivity contribution is 5.96. The zero-order valence-corrected chi connectivity index (χ0v) is 44.5. The van der Waals surface area contributed by atoms with Gasteiger partial charge in [-0.3, -0.25) is 0 Å². The summed E-state index contributed by atoms with van der Waals surface area (Å²) >= 11 is 0. The fourth-order valence-corrected chi connectivity index (χ4v) is 4.11. The molecule has 0 bridgehead atoms. The van der Waals surface area contributed by atoms with Gasteiger partial charge in [-0.25, -0.2) is 91.0 Å². The fourth-order valence-electron chi connectivity index (χ4n) is 4.11. The number of rotatable bonds is 30. The first-order chi connectivity index (χ1) is 35.7. The van der Waals surface area contributed by atoms with E-state index < -0.39 is 158 Å². The summed E-state index contributed by atoms with van der Waals surface area (Å²) in [5.74, 6) is -32.3. The number of hydrogen-bond donors (Lipinski definition) is 0. The lowest BCUT2D eigenvalue weighted by molar-refractivity contribution is -0.151. The molecule has 0 aromatic rings. The molecule has 452 valence electrons. The number of alkyl halides is 12. The summed E-state index contributed by atoms with van der Waals surface area (Å²) in [5, 5.41) is 0. The SMILES string of the molecule is CCC(F)(F)CO/C(=C/C(=O)OC)C(=O)OC.CCOC(=O)/C=C(/OCC(F)(F)CC(C)(F)F)C(=O)OCC.CCOC(=O)/C=C(/OCC(F)(F)CC)C(=O)OCC.COC(=O)/C=C(/OCC(F)(F)CC(C)(F)F)C(=O)OC. The Labute approximate surface area is 440 Å². The van der Waals surface area contributed by atoms with Crippen LogP contribution in [0, 0.1) is 0 Å². The molecule has 32 heteroatoms. The molecular weight excluding hydrogens is 1100 g/mol. The average Bonchev–Trinajstić information content (AvgIpc) is 3.32. The van der Waals surface area contributed by atoms with Crippen molar-refractivity contribution in [1.29, 1.82) is 0 Å². The zero-order valence-electron chi connectivity index (χ0n) is 44.5. The lowest BCUT2D eigenvalue weighted by atomic mass is 10.1. The van der Waals surface area contributed by atoms with E-state index in [4.69, 9.17) is 0 Å². The Morgan fingerprint density at radius 1 is 0.321 bits per heavy atom. The molecular formula is C46H64F12O20. The molecule has 20 nitrogen and oxygen atoms in total. The number of ether oxygens (including phenoxy) is 12. The molecule has 78 heavy (non-hydrogen) atoms. The molecule has 0 heterocycles. The highest BCUT2D eigenvalue weighted by Crippen LogP contribution is 2.32. The van der Waals surface area contributed by atoms with Crippen molar-refractivity contribution >= 4 is 47.8 Å². The van der Waals surface area contributed by atoms with Gasteiger partial charge < -0.3 is 56.8 Å². The number of carbonyl (C=O) groups excluding carboxylic acids is 8. The number of halogens is 12. The van der Waals surface area contributed by atoms with E-state index in [1.165, 1.54) is 27.7 Å². The van der Waals surface area contributed by atoms with Gasteiger partial charge in [0.05, 0.1) is 92.0 Å². The Balaban J connectivity index is -0.000000470. The van der Waals surface area contributed by atoms with Crippen LogP contribution in [0.3, 0.4) is 0 Å². The molecule has 0 aliphatic heterocycles. The summed E-state index contributed by atoms with van der Waals surface area (Å²) in [6.45, 7) is 4.27. The maximum atomic E-state index is 13.3. The minimum atomic E-state index is -3.89. The summed E-state index contributed by atoms with van der Waals surface area (Å²) < 4.78 is 208. The number of methoxy groups -OCH3 is 4. The third-order valence-corrected chi connectivity index (χ3v) is 7.63. The molecule has 0 aliphatic carbocycles. The van der Waals surface area contributed by atoms with Crippen molar-refractivity contribution in [3.8, 4) is 0 Å². The smallest absolute Gasteiger partial charge is 0.373 e. The van der Waals surface area contributed by atoms with Crippen molar-refractivity contribution in [2.24, 2.45) is 0 Å². The summed E-state index contributed by atoms with van der Waals surface area (Å²) in [6, 6.07) is 0. The highest BCUT2D eigenvalue weighted by atomic mass is 19.3. The summed E-state index contributed by atoms with van der Waals surface area (Å²) in [4.78, 5) is 89.3. The van der Waals surface area contributed by atoms with E-state index in [-0.39, 0.29) is 26.4 Å². The van der Waals surface area contributed by atoms with Gasteiger partial charge in [0.25, 0.3) is 35.5 Å². The summed E-state index contributed by atoms with van der Waals surface area (Å²) in [5.41, 5.74) is 0. The van der Waals surface area contributed by atoms with Crippen LogP contribution >= 0.6 is 0 Å². The van der Waals surface area contributed by atoms with Crippen LogP contribution in [0.25, 0.3) is 0 Å². The topological polar surface area (TPSA) is 247 Å². The van der Waals surface area contributed by atoms with Gasteiger partial charge in [0.2, 0.25) is 23.0 Å². The Bertz CT molecular complexity index is 2010. The lowest BCUT2D eigenvalue weighted by Crippen LogP contribution is -2.32. The van der Waals surface area contributed by atoms with E-state index in [2.05, 4.69) is 56.8 Å². The second-order valence-corrected chi connectivity index (χ2v) is 14.8. The predicted octanol–water partition coefficient (Wildman–Crippen LogP) is 7.94. The molecule has 0 aromatic heterocycles. The molecule has 0 saturated carbocycles. The Kier molecular flexibility index (Phi) is 38.4. The zero-order chi connectivity index (χ0) is 61.7. The van der Waals surface area contributed by atoms with Crippen LogP contribution in [0.1, 0.15) is 81.1 Å². The Morgan fingerprint density at radius 2 is 0.551 bits per heavy atom. The molecule has 0 radical (unpaired) electrons. The number of hydrogen-bond acceptors (Lipinski definition) is 20. The van der Waals surface area contributed by atoms with Gasteiger partial charge in [-0.1, -0.05) is 13.8 Å². The van der Waals surface area contributed by atoms with Crippen molar-refractivity contribution in [3.63, 3.8) is 0 Å². The largest absolute Gasteiger partial charge is 0.480 e. The number of carbonyl (C=O) groups is 8. The number of esters is 8.